The van der Waals surface area contributed by atoms with Crippen molar-refractivity contribution in [1.29, 1.82) is 0 Å². The van der Waals surface area contributed by atoms with Crippen LogP contribution in [0.25, 0.3) is 0 Å². The monoisotopic (exact) mass is 184 g/mol. The van der Waals surface area contributed by atoms with Crippen molar-refractivity contribution < 1.29 is 13.2 Å². The zero-order chi connectivity index (χ0) is 9.83. The van der Waals surface area contributed by atoms with E-state index in [1.165, 1.54) is 0 Å². The smallest absolute Gasteiger partial charge is 0.330 e. The van der Waals surface area contributed by atoms with E-state index in [2.05, 4.69) is 0 Å². The van der Waals surface area contributed by atoms with Gasteiger partial charge in [-0.25, -0.2) is 0 Å². The first kappa shape index (κ1) is 11.7. The van der Waals surface area contributed by atoms with E-state index in [4.69, 9.17) is 11.5 Å². The Kier molecular flexibility index (Phi) is 3.99. The minimum Gasteiger partial charge on any atom is -0.330 e. The molecule has 4 N–H and O–H groups in total. The minimum absolute atomic E-state index is 0.00347. The highest BCUT2D eigenvalue weighted by Gasteiger charge is 2.51. The number of hydrogen-bond donors (Lipinski definition) is 2. The largest absolute Gasteiger partial charge is 0.396 e. The quantitative estimate of drug-likeness (QED) is 0.691. The van der Waals surface area contributed by atoms with Crippen LogP contribution in [0.15, 0.2) is 0 Å². The molecule has 0 rings (SSSR count). The van der Waals surface area contributed by atoms with Crippen molar-refractivity contribution in [3.05, 3.63) is 0 Å². The molecule has 12 heavy (non-hydrogen) atoms. The molecule has 0 bridgehead atoms. The highest BCUT2D eigenvalue weighted by atomic mass is 19.4. The van der Waals surface area contributed by atoms with Crippen molar-refractivity contribution >= 4 is 0 Å². The molecular weight excluding hydrogens is 169 g/mol. The zero-order valence-corrected chi connectivity index (χ0v) is 7.12. The summed E-state index contributed by atoms with van der Waals surface area (Å²) in [7, 11) is 0. The second-order valence-electron chi connectivity index (χ2n) is 2.94. The lowest BCUT2D eigenvalue weighted by Gasteiger charge is -2.32. The highest BCUT2D eigenvalue weighted by molar-refractivity contribution is 4.88. The third kappa shape index (κ3) is 2.10. The second-order valence-corrected chi connectivity index (χ2v) is 2.94. The summed E-state index contributed by atoms with van der Waals surface area (Å²) in [4.78, 5) is 0. The molecular formula is C7H15F3N2. The van der Waals surface area contributed by atoms with Crippen molar-refractivity contribution in [2.75, 3.05) is 13.1 Å². The van der Waals surface area contributed by atoms with Crippen molar-refractivity contribution in [2.24, 2.45) is 16.9 Å². The minimum atomic E-state index is -4.29. The second kappa shape index (κ2) is 4.09. The predicted molar refractivity (Wildman–Crippen MR) is 41.5 cm³/mol. The average Bonchev–Trinajstić information content (AvgIpc) is 1.98. The molecule has 0 aromatic rings. The summed E-state index contributed by atoms with van der Waals surface area (Å²) in [6.07, 6.45) is -3.84. The van der Waals surface area contributed by atoms with Gasteiger partial charge in [0.05, 0.1) is 5.41 Å². The van der Waals surface area contributed by atoms with E-state index in [-0.39, 0.29) is 6.42 Å². The summed E-state index contributed by atoms with van der Waals surface area (Å²) in [5.41, 5.74) is 8.31. The van der Waals surface area contributed by atoms with Crippen molar-refractivity contribution in [3.63, 3.8) is 0 Å². The van der Waals surface area contributed by atoms with E-state index in [9.17, 15) is 13.2 Å². The van der Waals surface area contributed by atoms with Crippen LogP contribution in [0.5, 0.6) is 0 Å². The molecule has 0 saturated carbocycles. The van der Waals surface area contributed by atoms with E-state index in [1.54, 1.807) is 6.92 Å². The Morgan fingerprint density at radius 2 is 1.50 bits per heavy atom. The first-order valence-electron chi connectivity index (χ1n) is 3.90. The topological polar surface area (TPSA) is 52.0 Å². The van der Waals surface area contributed by atoms with Crippen LogP contribution in [-0.4, -0.2) is 19.3 Å². The molecule has 0 saturated heterocycles. The molecule has 0 aliphatic carbocycles. The Labute approximate surface area is 70.1 Å². The number of rotatable bonds is 4. The van der Waals surface area contributed by atoms with Gasteiger partial charge in [0.15, 0.2) is 0 Å². The third-order valence-corrected chi connectivity index (χ3v) is 2.11. The fraction of sp³-hybridized carbons (Fsp3) is 1.00. The lowest BCUT2D eigenvalue weighted by atomic mass is 9.83. The first-order chi connectivity index (χ1) is 5.43. The van der Waals surface area contributed by atoms with Crippen LogP contribution in [0.3, 0.4) is 0 Å². The standard InChI is InChI=1S/C7H15F3N2/c1-2-3-6(4-11,5-12)7(8,9)10/h2-5,11-12H2,1H3. The molecule has 0 atom stereocenters. The molecule has 0 radical (unpaired) electrons. The van der Waals surface area contributed by atoms with E-state index >= 15 is 0 Å². The van der Waals surface area contributed by atoms with Gasteiger partial charge in [-0.1, -0.05) is 13.3 Å². The Morgan fingerprint density at radius 3 is 1.58 bits per heavy atom. The molecule has 0 fully saturated rings. The lowest BCUT2D eigenvalue weighted by Crippen LogP contribution is -2.49. The predicted octanol–water partition coefficient (Wildman–Crippen LogP) is 1.25. The number of alkyl halides is 3. The molecule has 0 spiro atoms. The van der Waals surface area contributed by atoms with Crippen LogP contribution < -0.4 is 11.5 Å². The van der Waals surface area contributed by atoms with Gasteiger partial charge >= 0.3 is 6.18 Å². The summed E-state index contributed by atoms with van der Waals surface area (Å²) < 4.78 is 37.2. The Morgan fingerprint density at radius 1 is 1.08 bits per heavy atom. The van der Waals surface area contributed by atoms with Crippen LogP contribution in [0, 0.1) is 5.41 Å². The molecule has 2 nitrogen and oxygen atoms in total. The third-order valence-electron chi connectivity index (χ3n) is 2.11. The highest BCUT2D eigenvalue weighted by Crippen LogP contribution is 2.40. The average molecular weight is 184 g/mol. The van der Waals surface area contributed by atoms with Gasteiger partial charge in [-0.15, -0.1) is 0 Å². The Hall–Kier alpha value is -0.290. The fourth-order valence-corrected chi connectivity index (χ4v) is 1.14. The number of nitrogens with two attached hydrogens (primary N) is 2. The van der Waals surface area contributed by atoms with Gasteiger partial charge < -0.3 is 11.5 Å². The molecule has 0 amide bonds. The van der Waals surface area contributed by atoms with Gasteiger partial charge in [-0.3, -0.25) is 0 Å². The molecule has 0 unspecified atom stereocenters. The maximum Gasteiger partial charge on any atom is 0.396 e. The Bertz CT molecular complexity index is 129. The van der Waals surface area contributed by atoms with Gasteiger partial charge in [-0.2, -0.15) is 13.2 Å². The maximum absolute atomic E-state index is 12.4. The first-order valence-corrected chi connectivity index (χ1v) is 3.90. The van der Waals surface area contributed by atoms with Gasteiger partial charge in [0.1, 0.15) is 0 Å². The van der Waals surface area contributed by atoms with Crippen LogP contribution in [0.4, 0.5) is 13.2 Å². The summed E-state index contributed by atoms with van der Waals surface area (Å²) >= 11 is 0. The van der Waals surface area contributed by atoms with E-state index in [0.29, 0.717) is 6.42 Å². The van der Waals surface area contributed by atoms with Gasteiger partial charge in [-0.05, 0) is 6.42 Å². The Balaban J connectivity index is 4.57. The zero-order valence-electron chi connectivity index (χ0n) is 7.12. The summed E-state index contributed by atoms with van der Waals surface area (Å²) in [5, 5.41) is 0. The normalized spacial score (nSPS) is 13.5. The molecule has 74 valence electrons. The summed E-state index contributed by atoms with van der Waals surface area (Å²) in [6, 6.07) is 0. The van der Waals surface area contributed by atoms with Gasteiger partial charge in [0.25, 0.3) is 0 Å². The lowest BCUT2D eigenvalue weighted by molar-refractivity contribution is -0.219. The van der Waals surface area contributed by atoms with E-state index in [1.807, 2.05) is 0 Å². The summed E-state index contributed by atoms with van der Waals surface area (Å²) in [5.74, 6) is 0. The van der Waals surface area contributed by atoms with Crippen LogP contribution in [0.1, 0.15) is 19.8 Å². The number of hydrogen-bond acceptors (Lipinski definition) is 2. The fourth-order valence-electron chi connectivity index (χ4n) is 1.14. The molecule has 5 heteroatoms. The number of halogens is 3. The van der Waals surface area contributed by atoms with Crippen LogP contribution in [0.2, 0.25) is 0 Å². The van der Waals surface area contributed by atoms with E-state index in [0.717, 1.165) is 0 Å². The molecule has 0 aliphatic heterocycles. The molecule has 0 aromatic carbocycles. The molecule has 0 aliphatic rings. The summed E-state index contributed by atoms with van der Waals surface area (Å²) in [6.45, 7) is 0.827. The molecule has 0 heterocycles. The SMILES string of the molecule is CCCC(CN)(CN)C(F)(F)F. The van der Waals surface area contributed by atoms with Crippen LogP contribution in [-0.2, 0) is 0 Å². The molecule has 0 aromatic heterocycles. The van der Waals surface area contributed by atoms with Crippen molar-refractivity contribution in [1.82, 2.24) is 0 Å². The van der Waals surface area contributed by atoms with E-state index < -0.39 is 24.7 Å². The van der Waals surface area contributed by atoms with Gasteiger partial charge in [0, 0.05) is 13.1 Å². The maximum atomic E-state index is 12.4. The van der Waals surface area contributed by atoms with Gasteiger partial charge in [0.2, 0.25) is 0 Å². The van der Waals surface area contributed by atoms with Crippen molar-refractivity contribution in [3.8, 4) is 0 Å². The van der Waals surface area contributed by atoms with Crippen molar-refractivity contribution in [2.45, 2.75) is 25.9 Å². The van der Waals surface area contributed by atoms with Crippen LogP contribution >= 0.6 is 0 Å².